The van der Waals surface area contributed by atoms with Gasteiger partial charge in [0.25, 0.3) is 0 Å². The molecule has 304 valence electrons. The van der Waals surface area contributed by atoms with Crippen LogP contribution in [0.2, 0.25) is 0 Å². The van der Waals surface area contributed by atoms with E-state index < -0.39 is 18.2 Å². The summed E-state index contributed by atoms with van der Waals surface area (Å²) in [5.74, 6) is -0.321. The molecule has 17 heteroatoms. The van der Waals surface area contributed by atoms with E-state index in [2.05, 4.69) is 16.0 Å². The molecule has 0 radical (unpaired) electrons. The normalized spacial score (nSPS) is 11.6. The lowest BCUT2D eigenvalue weighted by Gasteiger charge is -2.12. The molecule has 0 bridgehead atoms. The predicted octanol–water partition coefficient (Wildman–Crippen LogP) is 0.0196. The molecule has 1 aromatic rings. The monoisotopic (exact) mass is 748 g/mol. The molecule has 3 amide bonds. The Labute approximate surface area is 310 Å². The number of carbonyl (C=O) groups is 3. The fourth-order valence-electron chi connectivity index (χ4n) is 3.80. The smallest absolute Gasteiger partial charge is 0.407 e. The molecule has 17 nitrogen and oxygen atoms in total. The number of rotatable bonds is 30. The van der Waals surface area contributed by atoms with Crippen molar-refractivity contribution >= 4 is 17.9 Å². The lowest BCUT2D eigenvalue weighted by atomic mass is 10.1. The average molecular weight is 748 g/mol. The Morgan fingerprint density at radius 3 is 1.52 bits per heavy atom. The Bertz CT molecular complexity index is 933. The van der Waals surface area contributed by atoms with E-state index in [4.69, 9.17) is 56.1 Å². The Morgan fingerprint density at radius 2 is 1.06 bits per heavy atom. The zero-order valence-electron chi connectivity index (χ0n) is 31.8. The van der Waals surface area contributed by atoms with Gasteiger partial charge in [0.15, 0.2) is 0 Å². The van der Waals surface area contributed by atoms with Crippen molar-refractivity contribution in [1.82, 2.24) is 16.0 Å². The maximum absolute atomic E-state index is 11.8. The highest BCUT2D eigenvalue weighted by atomic mass is 16.5. The quantitative estimate of drug-likeness (QED) is 0.0513. The van der Waals surface area contributed by atoms with Gasteiger partial charge in [0.05, 0.1) is 71.5 Å². The SMILES string of the molecule is COCCOCCN.COCCOCCNC(=O)C(N)CCCCN.COCCOCCNC(=O)C(N)CCCCNC(=O)OCc1ccccc1. The summed E-state index contributed by atoms with van der Waals surface area (Å²) < 4.78 is 34.9. The van der Waals surface area contributed by atoms with Crippen LogP contribution in [0.25, 0.3) is 0 Å². The summed E-state index contributed by atoms with van der Waals surface area (Å²) in [7, 11) is 4.87. The van der Waals surface area contributed by atoms with E-state index in [1.54, 1.807) is 21.3 Å². The summed E-state index contributed by atoms with van der Waals surface area (Å²) in [6.07, 6.45) is 4.02. The Kier molecular flexibility index (Phi) is 40.1. The number of hydrogen-bond donors (Lipinski definition) is 7. The summed E-state index contributed by atoms with van der Waals surface area (Å²) in [5, 5.41) is 8.14. The van der Waals surface area contributed by atoms with Crippen LogP contribution in [0.1, 0.15) is 44.1 Å². The standard InChI is InChI=1S/C19H31N3O5.C11H25N3O3.C5H13NO2/c1-25-13-14-26-12-11-21-18(23)17(20)9-5-6-10-22-19(24)27-15-16-7-3-2-4-8-16;1-16-8-9-17-7-6-14-11(15)10(13)4-2-3-5-12;1-7-4-5-8-3-2-6/h2-4,7-8,17H,5-6,9-15,20H2,1H3,(H,21,23)(H,22,24);10H,2-9,12-13H2,1H3,(H,14,15);2-6H2,1H3. The molecule has 0 fully saturated rings. The molecule has 0 heterocycles. The number of nitrogens with one attached hydrogen (secondary N) is 3. The minimum atomic E-state index is -0.561. The zero-order chi connectivity index (χ0) is 38.9. The Morgan fingerprint density at radius 1 is 0.577 bits per heavy atom. The van der Waals surface area contributed by atoms with Crippen LogP contribution in [0.15, 0.2) is 30.3 Å². The lowest BCUT2D eigenvalue weighted by molar-refractivity contribution is -0.123. The minimum Gasteiger partial charge on any atom is -0.445 e. The number of ether oxygens (including phenoxy) is 7. The molecule has 0 saturated carbocycles. The van der Waals surface area contributed by atoms with Gasteiger partial charge >= 0.3 is 6.09 Å². The van der Waals surface area contributed by atoms with Crippen molar-refractivity contribution in [3.05, 3.63) is 35.9 Å². The molecule has 1 rings (SSSR count). The number of methoxy groups -OCH3 is 3. The largest absolute Gasteiger partial charge is 0.445 e. The van der Waals surface area contributed by atoms with Gasteiger partial charge in [0, 0.05) is 47.5 Å². The second kappa shape index (κ2) is 40.8. The number of hydrogen-bond acceptors (Lipinski definition) is 14. The molecular weight excluding hydrogens is 678 g/mol. The fourth-order valence-corrected chi connectivity index (χ4v) is 3.80. The third-order valence-electron chi connectivity index (χ3n) is 6.72. The summed E-state index contributed by atoms with van der Waals surface area (Å²) in [5.41, 5.74) is 23.0. The van der Waals surface area contributed by atoms with Crippen molar-refractivity contribution in [2.24, 2.45) is 22.9 Å². The van der Waals surface area contributed by atoms with E-state index in [9.17, 15) is 14.4 Å². The van der Waals surface area contributed by atoms with E-state index in [1.807, 2.05) is 30.3 Å². The second-order valence-electron chi connectivity index (χ2n) is 11.2. The molecule has 0 aliphatic heterocycles. The number of nitrogens with two attached hydrogens (primary N) is 4. The number of unbranched alkanes of at least 4 members (excludes halogenated alkanes) is 2. The van der Waals surface area contributed by atoms with Crippen LogP contribution in [0.5, 0.6) is 0 Å². The first-order valence-electron chi connectivity index (χ1n) is 17.9. The van der Waals surface area contributed by atoms with Crippen LogP contribution in [0.3, 0.4) is 0 Å². The first-order chi connectivity index (χ1) is 25.3. The molecule has 0 aliphatic rings. The van der Waals surface area contributed by atoms with Gasteiger partial charge in [0.1, 0.15) is 6.61 Å². The van der Waals surface area contributed by atoms with Crippen LogP contribution < -0.4 is 38.9 Å². The lowest BCUT2D eigenvalue weighted by Crippen LogP contribution is -2.41. The van der Waals surface area contributed by atoms with Gasteiger partial charge in [-0.1, -0.05) is 36.8 Å². The summed E-state index contributed by atoms with van der Waals surface area (Å²) >= 11 is 0. The molecule has 2 atom stereocenters. The van der Waals surface area contributed by atoms with Crippen molar-refractivity contribution in [2.45, 2.75) is 57.2 Å². The topological polar surface area (TPSA) is 256 Å². The molecule has 0 spiro atoms. The summed E-state index contributed by atoms with van der Waals surface area (Å²) in [6.45, 7) is 7.81. The summed E-state index contributed by atoms with van der Waals surface area (Å²) in [4.78, 5) is 34.9. The number of alkyl carbamates (subject to hydrolysis) is 1. The molecule has 11 N–H and O–H groups in total. The first kappa shape index (κ1) is 51.1. The van der Waals surface area contributed by atoms with Gasteiger partial charge in [-0.25, -0.2) is 4.79 Å². The van der Waals surface area contributed by atoms with Gasteiger partial charge in [-0.05, 0) is 44.2 Å². The molecule has 1 aromatic carbocycles. The molecule has 0 saturated heterocycles. The molecule has 2 unspecified atom stereocenters. The van der Waals surface area contributed by atoms with Crippen LogP contribution in [0.4, 0.5) is 4.79 Å². The minimum absolute atomic E-state index is 0.127. The number of benzene rings is 1. The molecular formula is C35H69N7O10. The van der Waals surface area contributed by atoms with E-state index in [0.29, 0.717) is 105 Å². The van der Waals surface area contributed by atoms with Crippen molar-refractivity contribution in [1.29, 1.82) is 0 Å². The van der Waals surface area contributed by atoms with Crippen LogP contribution in [-0.4, -0.2) is 144 Å². The highest BCUT2D eigenvalue weighted by Gasteiger charge is 2.13. The highest BCUT2D eigenvalue weighted by Crippen LogP contribution is 2.02. The van der Waals surface area contributed by atoms with Gasteiger partial charge in [0.2, 0.25) is 11.8 Å². The first-order valence-corrected chi connectivity index (χ1v) is 17.9. The molecule has 52 heavy (non-hydrogen) atoms. The van der Waals surface area contributed by atoms with Crippen molar-refractivity contribution in [3.8, 4) is 0 Å². The van der Waals surface area contributed by atoms with Crippen LogP contribution in [-0.2, 0) is 49.4 Å². The summed E-state index contributed by atoms with van der Waals surface area (Å²) in [6, 6.07) is 8.48. The predicted molar refractivity (Wildman–Crippen MR) is 200 cm³/mol. The third kappa shape index (κ3) is 36.8. The Balaban J connectivity index is 0. The van der Waals surface area contributed by atoms with E-state index in [0.717, 1.165) is 31.2 Å². The average Bonchev–Trinajstić information content (AvgIpc) is 3.16. The maximum Gasteiger partial charge on any atom is 0.407 e. The van der Waals surface area contributed by atoms with Gasteiger partial charge in [-0.3, -0.25) is 9.59 Å². The van der Waals surface area contributed by atoms with Gasteiger partial charge in [-0.15, -0.1) is 0 Å². The molecule has 0 aromatic heterocycles. The van der Waals surface area contributed by atoms with Crippen molar-refractivity contribution in [3.63, 3.8) is 0 Å². The highest BCUT2D eigenvalue weighted by molar-refractivity contribution is 5.81. The fraction of sp³-hybridized carbons (Fsp3) is 0.743. The maximum atomic E-state index is 11.8. The zero-order valence-corrected chi connectivity index (χ0v) is 31.8. The van der Waals surface area contributed by atoms with Crippen LogP contribution >= 0.6 is 0 Å². The van der Waals surface area contributed by atoms with Gasteiger partial charge < -0.3 is 72.0 Å². The van der Waals surface area contributed by atoms with Crippen molar-refractivity contribution < 1.29 is 47.5 Å². The third-order valence-corrected chi connectivity index (χ3v) is 6.72. The number of amides is 3. The molecule has 0 aliphatic carbocycles. The second-order valence-corrected chi connectivity index (χ2v) is 11.2. The van der Waals surface area contributed by atoms with E-state index >= 15 is 0 Å². The number of carbonyl (C=O) groups excluding carboxylic acids is 3. The Hall–Kier alpha value is -2.97. The van der Waals surface area contributed by atoms with E-state index in [-0.39, 0.29) is 18.4 Å². The van der Waals surface area contributed by atoms with E-state index in [1.165, 1.54) is 0 Å². The van der Waals surface area contributed by atoms with Crippen LogP contribution in [0, 0.1) is 0 Å². The van der Waals surface area contributed by atoms with Gasteiger partial charge in [-0.2, -0.15) is 0 Å². The van der Waals surface area contributed by atoms with Crippen molar-refractivity contribution in [2.75, 3.05) is 114 Å².